The Hall–Kier alpha value is -8.31. The van der Waals surface area contributed by atoms with Gasteiger partial charge in [0.1, 0.15) is 0 Å². The highest BCUT2D eigenvalue weighted by Crippen LogP contribution is 2.39. The topological polar surface area (TPSA) is 26.9 Å². The standard InChI is InChI=1S/C65H50N2OSi/c1-43-24-33-59-55(38-43)56-39-44(2)25-34-60(56)66(59)63-37-32-52(42-64(63)67-61-35-26-45(3)40-57(61)58-41-46(4)27-36-62(58)67)69(49-18-10-6-11-19-49,50-20-12-7-13-21-50)51-30-28-47(29-31-51)53-22-14-15-23-54(53)65(68)48-16-8-5-9-17-48/h5-42H,1-4H3. The van der Waals surface area contributed by atoms with E-state index in [0.29, 0.717) is 11.1 Å². The van der Waals surface area contributed by atoms with Gasteiger partial charge in [0.25, 0.3) is 0 Å². The zero-order chi connectivity index (χ0) is 46.8. The van der Waals surface area contributed by atoms with E-state index in [1.54, 1.807) is 0 Å². The third kappa shape index (κ3) is 6.90. The molecule has 2 heterocycles. The highest BCUT2D eigenvalue weighted by atomic mass is 28.3. The Morgan fingerprint density at radius 2 is 0.739 bits per heavy atom. The van der Waals surface area contributed by atoms with Gasteiger partial charge in [-0.15, -0.1) is 0 Å². The summed E-state index contributed by atoms with van der Waals surface area (Å²) in [5.41, 5.74) is 15.2. The first-order chi connectivity index (χ1) is 33.8. The maximum absolute atomic E-state index is 14.0. The van der Waals surface area contributed by atoms with Gasteiger partial charge in [-0.05, 0) is 120 Å². The number of carbonyl (C=O) groups is 1. The zero-order valence-electron chi connectivity index (χ0n) is 39.2. The molecule has 0 atom stereocenters. The van der Waals surface area contributed by atoms with Crippen LogP contribution < -0.4 is 20.7 Å². The summed E-state index contributed by atoms with van der Waals surface area (Å²) in [6, 6.07) is 84.0. The van der Waals surface area contributed by atoms with E-state index in [0.717, 1.165) is 22.5 Å². The smallest absolute Gasteiger partial charge is 0.193 e. The quantitative estimate of drug-likeness (QED) is 0.0805. The van der Waals surface area contributed by atoms with Gasteiger partial charge >= 0.3 is 0 Å². The number of nitrogens with zero attached hydrogens (tertiary/aromatic N) is 2. The largest absolute Gasteiger partial charge is 0.307 e. The predicted octanol–water partition coefficient (Wildman–Crippen LogP) is 13.4. The van der Waals surface area contributed by atoms with Crippen LogP contribution in [0.3, 0.4) is 0 Å². The number of hydrogen-bond acceptors (Lipinski definition) is 1. The van der Waals surface area contributed by atoms with Crippen LogP contribution in [0.4, 0.5) is 0 Å². The first-order valence-electron chi connectivity index (χ1n) is 23.9. The van der Waals surface area contributed by atoms with Crippen molar-refractivity contribution in [1.29, 1.82) is 0 Å². The molecule has 0 aliphatic carbocycles. The molecule has 0 aliphatic rings. The molecule has 10 aromatic carbocycles. The molecule has 0 aliphatic heterocycles. The second kappa shape index (κ2) is 16.8. The van der Waals surface area contributed by atoms with Crippen LogP contribution in [0.1, 0.15) is 38.2 Å². The van der Waals surface area contributed by atoms with Crippen molar-refractivity contribution in [1.82, 2.24) is 9.13 Å². The van der Waals surface area contributed by atoms with E-state index in [9.17, 15) is 4.79 Å². The molecule has 0 radical (unpaired) electrons. The Morgan fingerprint density at radius 1 is 0.348 bits per heavy atom. The van der Waals surface area contributed by atoms with Crippen molar-refractivity contribution >= 4 is 78.2 Å². The van der Waals surface area contributed by atoms with Crippen LogP contribution in [0.15, 0.2) is 231 Å². The van der Waals surface area contributed by atoms with Crippen LogP contribution in [-0.4, -0.2) is 23.0 Å². The molecule has 12 rings (SSSR count). The summed E-state index contributed by atoms with van der Waals surface area (Å²) >= 11 is 0. The minimum atomic E-state index is -3.13. The second-order valence-electron chi connectivity index (χ2n) is 18.8. The summed E-state index contributed by atoms with van der Waals surface area (Å²) in [6.45, 7) is 8.76. The van der Waals surface area contributed by atoms with Gasteiger partial charge in [0.2, 0.25) is 0 Å². The monoisotopic (exact) mass is 902 g/mol. The molecule has 0 spiro atoms. The van der Waals surface area contributed by atoms with Crippen LogP contribution in [0, 0.1) is 27.7 Å². The predicted molar refractivity (Wildman–Crippen MR) is 293 cm³/mol. The number of benzene rings is 10. The van der Waals surface area contributed by atoms with Crippen molar-refractivity contribution in [2.45, 2.75) is 27.7 Å². The van der Waals surface area contributed by atoms with E-state index in [2.05, 4.69) is 219 Å². The zero-order valence-corrected chi connectivity index (χ0v) is 40.2. The highest BCUT2D eigenvalue weighted by molar-refractivity contribution is 7.20. The van der Waals surface area contributed by atoms with Crippen molar-refractivity contribution in [3.8, 4) is 22.5 Å². The van der Waals surface area contributed by atoms with Gasteiger partial charge in [-0.25, -0.2) is 0 Å². The lowest BCUT2D eigenvalue weighted by atomic mass is 9.94. The Kier molecular flexibility index (Phi) is 10.2. The van der Waals surface area contributed by atoms with Crippen LogP contribution in [0.25, 0.3) is 66.1 Å². The third-order valence-electron chi connectivity index (χ3n) is 14.3. The summed E-state index contributed by atoms with van der Waals surface area (Å²) in [7, 11) is -3.13. The van der Waals surface area contributed by atoms with E-state index in [4.69, 9.17) is 0 Å². The van der Waals surface area contributed by atoms with Crippen LogP contribution in [0.2, 0.25) is 0 Å². The van der Waals surface area contributed by atoms with Crippen molar-refractivity contribution in [3.63, 3.8) is 0 Å². The average molecular weight is 903 g/mol. The second-order valence-corrected chi connectivity index (χ2v) is 22.6. The van der Waals surface area contributed by atoms with Gasteiger partial charge in [0.15, 0.2) is 13.9 Å². The van der Waals surface area contributed by atoms with Gasteiger partial charge in [-0.2, -0.15) is 0 Å². The maximum atomic E-state index is 14.0. The van der Waals surface area contributed by atoms with Gasteiger partial charge in [-0.3, -0.25) is 4.79 Å². The molecule has 0 amide bonds. The van der Waals surface area contributed by atoms with Crippen LogP contribution in [-0.2, 0) is 0 Å². The van der Waals surface area contributed by atoms with E-state index < -0.39 is 8.07 Å². The molecule has 330 valence electrons. The molecule has 0 fully saturated rings. The molecule has 3 nitrogen and oxygen atoms in total. The number of carbonyl (C=O) groups excluding carboxylic acids is 1. The van der Waals surface area contributed by atoms with Crippen molar-refractivity contribution < 1.29 is 4.79 Å². The number of hydrogen-bond donors (Lipinski definition) is 0. The van der Waals surface area contributed by atoms with Crippen molar-refractivity contribution in [3.05, 3.63) is 264 Å². The van der Waals surface area contributed by atoms with Crippen molar-refractivity contribution in [2.24, 2.45) is 0 Å². The molecular weight excluding hydrogens is 853 g/mol. The fourth-order valence-electron chi connectivity index (χ4n) is 11.1. The Morgan fingerprint density at radius 3 is 1.22 bits per heavy atom. The summed E-state index contributed by atoms with van der Waals surface area (Å²) < 4.78 is 5.03. The lowest BCUT2D eigenvalue weighted by molar-refractivity contribution is 0.103. The molecule has 0 unspecified atom stereocenters. The van der Waals surface area contributed by atoms with Crippen molar-refractivity contribution in [2.75, 3.05) is 0 Å². The molecule has 2 aromatic heterocycles. The molecule has 0 saturated carbocycles. The van der Waals surface area contributed by atoms with Gasteiger partial charge in [-0.1, -0.05) is 192 Å². The SMILES string of the molecule is Cc1ccc2c(c1)c1cc(C)ccc1n2-c1ccc([Si](c2ccccc2)(c2ccccc2)c2ccc(-c3ccccc3C(=O)c3ccccc3)cc2)cc1-n1c2ccc(C)cc2c2cc(C)ccc21. The first-order valence-corrected chi connectivity index (χ1v) is 25.9. The normalized spacial score (nSPS) is 11.8. The van der Waals surface area contributed by atoms with Gasteiger partial charge < -0.3 is 9.13 Å². The molecule has 12 aromatic rings. The number of fused-ring (bicyclic) bond motifs is 6. The van der Waals surface area contributed by atoms with Gasteiger partial charge in [0, 0.05) is 32.7 Å². The fourth-order valence-corrected chi connectivity index (χ4v) is 15.8. The molecule has 4 heteroatoms. The number of aromatic nitrogens is 2. The van der Waals surface area contributed by atoms with E-state index >= 15 is 0 Å². The molecule has 0 saturated heterocycles. The minimum absolute atomic E-state index is 0.0177. The number of rotatable bonds is 9. The lowest BCUT2D eigenvalue weighted by Gasteiger charge is -2.35. The number of ketones is 1. The van der Waals surface area contributed by atoms with E-state index in [-0.39, 0.29) is 5.78 Å². The number of aryl methyl sites for hydroxylation is 4. The average Bonchev–Trinajstić information content (AvgIpc) is 3.88. The molecule has 0 bridgehead atoms. The summed E-state index contributed by atoms with van der Waals surface area (Å²) in [5, 5.41) is 10.1. The Labute approximate surface area is 404 Å². The summed E-state index contributed by atoms with van der Waals surface area (Å²) in [4.78, 5) is 14.0. The molecule has 0 N–H and O–H groups in total. The molecule has 69 heavy (non-hydrogen) atoms. The third-order valence-corrected chi connectivity index (χ3v) is 19.1. The Balaban J connectivity index is 1.17. The lowest BCUT2D eigenvalue weighted by Crippen LogP contribution is -2.74. The maximum Gasteiger partial charge on any atom is 0.193 e. The highest BCUT2D eigenvalue weighted by Gasteiger charge is 2.42. The van der Waals surface area contributed by atoms with E-state index in [1.807, 2.05) is 48.5 Å². The van der Waals surface area contributed by atoms with E-state index in [1.165, 1.54) is 86.6 Å². The summed E-state index contributed by atoms with van der Waals surface area (Å²) in [5.74, 6) is 0.0177. The summed E-state index contributed by atoms with van der Waals surface area (Å²) in [6.07, 6.45) is 0. The minimum Gasteiger partial charge on any atom is -0.307 e. The Bertz CT molecular complexity index is 3780. The van der Waals surface area contributed by atoms with Crippen LogP contribution in [0.5, 0.6) is 0 Å². The van der Waals surface area contributed by atoms with Gasteiger partial charge in [0.05, 0.1) is 33.4 Å². The molecular formula is C65H50N2OSi. The first kappa shape index (κ1) is 42.1. The fraction of sp³-hybridized carbons (Fsp3) is 0.0615. The van der Waals surface area contributed by atoms with Crippen LogP contribution >= 0.6 is 0 Å².